The molecule has 1 saturated carbocycles. The summed E-state index contributed by atoms with van der Waals surface area (Å²) >= 11 is 0. The van der Waals surface area contributed by atoms with Crippen molar-refractivity contribution in [1.82, 2.24) is 0 Å². The van der Waals surface area contributed by atoms with E-state index in [1.54, 1.807) is 6.92 Å². The molecule has 0 aliphatic heterocycles. The molecule has 0 aromatic rings. The van der Waals surface area contributed by atoms with Gasteiger partial charge in [0.15, 0.2) is 0 Å². The third-order valence-corrected chi connectivity index (χ3v) is 4.25. The summed E-state index contributed by atoms with van der Waals surface area (Å²) in [7, 11) is 0. The largest absolute Gasteiger partial charge is 0.462 e. The Labute approximate surface area is 117 Å². The maximum atomic E-state index is 11.9. The molecular formula is C16H30O3. The predicted octanol–water partition coefficient (Wildman–Crippen LogP) is 3.54. The fraction of sp³-hybridized carbons (Fsp3) is 0.938. The first kappa shape index (κ1) is 16.5. The van der Waals surface area contributed by atoms with Crippen molar-refractivity contribution in [1.29, 1.82) is 0 Å². The highest BCUT2D eigenvalue weighted by molar-refractivity contribution is 5.69. The second kappa shape index (κ2) is 7.88. The molecule has 1 fully saturated rings. The lowest BCUT2D eigenvalue weighted by Crippen LogP contribution is -2.35. The van der Waals surface area contributed by atoms with Crippen LogP contribution in [0, 0.1) is 17.8 Å². The number of rotatable bonds is 6. The van der Waals surface area contributed by atoms with Gasteiger partial charge < -0.3 is 9.84 Å². The molecular weight excluding hydrogens is 240 g/mol. The summed E-state index contributed by atoms with van der Waals surface area (Å²) in [6, 6.07) is 0. The predicted molar refractivity (Wildman–Crippen MR) is 76.8 cm³/mol. The molecule has 4 atom stereocenters. The van der Waals surface area contributed by atoms with Crippen LogP contribution in [0.15, 0.2) is 0 Å². The van der Waals surface area contributed by atoms with Crippen LogP contribution in [-0.4, -0.2) is 23.3 Å². The van der Waals surface area contributed by atoms with Crippen LogP contribution in [0.25, 0.3) is 0 Å². The normalized spacial score (nSPS) is 29.3. The Bertz CT molecular complexity index is 273. The minimum absolute atomic E-state index is 0.0922. The molecule has 1 aliphatic carbocycles. The van der Waals surface area contributed by atoms with Crippen molar-refractivity contribution in [2.75, 3.05) is 0 Å². The van der Waals surface area contributed by atoms with E-state index in [0.29, 0.717) is 37.0 Å². The lowest BCUT2D eigenvalue weighted by molar-refractivity contribution is -0.156. The average molecular weight is 270 g/mol. The third kappa shape index (κ3) is 5.94. The lowest BCUT2D eigenvalue weighted by Gasteiger charge is -2.36. The Morgan fingerprint density at radius 1 is 1.32 bits per heavy atom. The summed E-state index contributed by atoms with van der Waals surface area (Å²) in [6.45, 7) is 8.43. The van der Waals surface area contributed by atoms with E-state index in [0.717, 1.165) is 6.42 Å². The molecule has 0 spiro atoms. The van der Waals surface area contributed by atoms with E-state index < -0.39 is 0 Å². The van der Waals surface area contributed by atoms with Gasteiger partial charge in [0.1, 0.15) is 6.10 Å². The zero-order valence-electron chi connectivity index (χ0n) is 12.9. The van der Waals surface area contributed by atoms with Gasteiger partial charge in [-0.15, -0.1) is 0 Å². The van der Waals surface area contributed by atoms with Gasteiger partial charge in [-0.1, -0.05) is 27.2 Å². The van der Waals surface area contributed by atoms with Gasteiger partial charge >= 0.3 is 5.97 Å². The Morgan fingerprint density at radius 3 is 2.58 bits per heavy atom. The monoisotopic (exact) mass is 270 g/mol. The van der Waals surface area contributed by atoms with Gasteiger partial charge in [-0.05, 0) is 50.4 Å². The number of esters is 1. The summed E-state index contributed by atoms with van der Waals surface area (Å²) < 4.78 is 5.70. The minimum atomic E-state index is -0.328. The van der Waals surface area contributed by atoms with E-state index in [2.05, 4.69) is 20.8 Å². The van der Waals surface area contributed by atoms with Crippen LogP contribution in [0.5, 0.6) is 0 Å². The second-order valence-corrected chi connectivity index (χ2v) is 6.60. The van der Waals surface area contributed by atoms with E-state index in [1.165, 1.54) is 12.8 Å². The molecule has 19 heavy (non-hydrogen) atoms. The van der Waals surface area contributed by atoms with Gasteiger partial charge in [0.25, 0.3) is 0 Å². The van der Waals surface area contributed by atoms with Gasteiger partial charge in [-0.25, -0.2) is 0 Å². The molecule has 0 aromatic heterocycles. The maximum Gasteiger partial charge on any atom is 0.306 e. The van der Waals surface area contributed by atoms with Crippen molar-refractivity contribution in [3.63, 3.8) is 0 Å². The topological polar surface area (TPSA) is 46.5 Å². The van der Waals surface area contributed by atoms with Crippen LogP contribution in [0.2, 0.25) is 0 Å². The molecule has 1 rings (SSSR count). The van der Waals surface area contributed by atoms with Crippen LogP contribution < -0.4 is 0 Å². The van der Waals surface area contributed by atoms with Crippen LogP contribution in [0.3, 0.4) is 0 Å². The van der Waals surface area contributed by atoms with Gasteiger partial charge in [0, 0.05) is 6.42 Å². The highest BCUT2D eigenvalue weighted by atomic mass is 16.5. The highest BCUT2D eigenvalue weighted by Crippen LogP contribution is 2.35. The molecule has 0 bridgehead atoms. The van der Waals surface area contributed by atoms with Crippen LogP contribution in [0.1, 0.15) is 66.2 Å². The minimum Gasteiger partial charge on any atom is -0.462 e. The van der Waals surface area contributed by atoms with Gasteiger partial charge in [0.2, 0.25) is 0 Å². The number of ether oxygens (including phenoxy) is 1. The molecule has 0 heterocycles. The zero-order valence-corrected chi connectivity index (χ0v) is 12.9. The van der Waals surface area contributed by atoms with Gasteiger partial charge in [0.05, 0.1) is 6.10 Å². The summed E-state index contributed by atoms with van der Waals surface area (Å²) in [5.41, 5.74) is 0. The summed E-state index contributed by atoms with van der Waals surface area (Å²) in [5.74, 6) is 1.65. The fourth-order valence-electron chi connectivity index (χ4n) is 3.02. The maximum absolute atomic E-state index is 11.9. The SMILES string of the molecule is CC(O)CCCC(=O)OC1CC(C)CCC1C(C)C. The Morgan fingerprint density at radius 2 is 2.00 bits per heavy atom. The fourth-order valence-corrected chi connectivity index (χ4v) is 3.02. The number of carbonyl (C=O) groups is 1. The smallest absolute Gasteiger partial charge is 0.306 e. The second-order valence-electron chi connectivity index (χ2n) is 6.60. The Kier molecular flexibility index (Phi) is 6.84. The van der Waals surface area contributed by atoms with E-state index in [1.807, 2.05) is 0 Å². The summed E-state index contributed by atoms with van der Waals surface area (Å²) in [6.07, 6.45) is 5.01. The molecule has 0 amide bonds. The van der Waals surface area contributed by atoms with Gasteiger partial charge in [-0.3, -0.25) is 4.79 Å². The van der Waals surface area contributed by atoms with E-state index in [-0.39, 0.29) is 18.2 Å². The van der Waals surface area contributed by atoms with Crippen LogP contribution in [-0.2, 0) is 9.53 Å². The summed E-state index contributed by atoms with van der Waals surface area (Å²) in [4.78, 5) is 11.9. The van der Waals surface area contributed by atoms with E-state index >= 15 is 0 Å². The number of aliphatic hydroxyl groups excluding tert-OH is 1. The standard InChI is InChI=1S/C16H30O3/c1-11(2)14-9-8-12(3)10-15(14)19-16(18)7-5-6-13(4)17/h11-15,17H,5-10H2,1-4H3. The quantitative estimate of drug-likeness (QED) is 0.751. The highest BCUT2D eigenvalue weighted by Gasteiger charge is 2.33. The van der Waals surface area contributed by atoms with Crippen molar-refractivity contribution in [2.45, 2.75) is 78.4 Å². The molecule has 0 saturated heterocycles. The molecule has 0 aromatic carbocycles. The van der Waals surface area contributed by atoms with Crippen molar-refractivity contribution < 1.29 is 14.6 Å². The van der Waals surface area contributed by atoms with Crippen LogP contribution in [0.4, 0.5) is 0 Å². The number of hydrogen-bond donors (Lipinski definition) is 1. The molecule has 112 valence electrons. The molecule has 4 unspecified atom stereocenters. The molecule has 0 radical (unpaired) electrons. The molecule has 1 aliphatic rings. The van der Waals surface area contributed by atoms with Crippen LogP contribution >= 0.6 is 0 Å². The third-order valence-electron chi connectivity index (χ3n) is 4.25. The lowest BCUT2D eigenvalue weighted by atomic mass is 9.75. The molecule has 3 heteroatoms. The van der Waals surface area contributed by atoms with E-state index in [4.69, 9.17) is 4.74 Å². The van der Waals surface area contributed by atoms with E-state index in [9.17, 15) is 9.90 Å². The van der Waals surface area contributed by atoms with Crippen molar-refractivity contribution in [3.05, 3.63) is 0 Å². The molecule has 3 nitrogen and oxygen atoms in total. The van der Waals surface area contributed by atoms with Crippen molar-refractivity contribution in [2.24, 2.45) is 17.8 Å². The summed E-state index contributed by atoms with van der Waals surface area (Å²) in [5, 5.41) is 9.18. The Balaban J connectivity index is 2.40. The molecule has 1 N–H and O–H groups in total. The first-order valence-corrected chi connectivity index (χ1v) is 7.77. The average Bonchev–Trinajstić information content (AvgIpc) is 2.27. The van der Waals surface area contributed by atoms with Gasteiger partial charge in [-0.2, -0.15) is 0 Å². The first-order chi connectivity index (χ1) is 8.90. The Hall–Kier alpha value is -0.570. The van der Waals surface area contributed by atoms with Crippen molar-refractivity contribution >= 4 is 5.97 Å². The zero-order chi connectivity index (χ0) is 14.4. The van der Waals surface area contributed by atoms with Crippen molar-refractivity contribution in [3.8, 4) is 0 Å². The first-order valence-electron chi connectivity index (χ1n) is 7.77. The number of aliphatic hydroxyl groups is 1. The number of carbonyl (C=O) groups excluding carboxylic acids is 1. The number of hydrogen-bond acceptors (Lipinski definition) is 3.